The number of benzene rings is 3. The summed E-state index contributed by atoms with van der Waals surface area (Å²) in [6.07, 6.45) is 5.51. The van der Waals surface area contributed by atoms with Crippen molar-refractivity contribution in [3.63, 3.8) is 0 Å². The van der Waals surface area contributed by atoms with Gasteiger partial charge in [0.05, 0.1) is 37.1 Å². The van der Waals surface area contributed by atoms with Crippen LogP contribution in [0.2, 0.25) is 18.6 Å². The molecule has 0 aliphatic carbocycles. The van der Waals surface area contributed by atoms with Gasteiger partial charge in [-0.2, -0.15) is 0 Å². The van der Waals surface area contributed by atoms with Crippen molar-refractivity contribution in [3.05, 3.63) is 108 Å². The van der Waals surface area contributed by atoms with Crippen molar-refractivity contribution >= 4 is 25.7 Å². The number of nitrogens with one attached hydrogen (secondary N) is 1. The first-order chi connectivity index (χ1) is 24.7. The number of rotatable bonds is 12. The van der Waals surface area contributed by atoms with E-state index in [4.69, 9.17) is 4.74 Å². The molecular formula is C40H51FN6O3Si. The molecule has 3 fully saturated rings. The normalized spacial score (nSPS) is 24.1. The molecule has 1 spiro atoms. The number of amides is 1. The smallest absolute Gasteiger partial charge is 0.254 e. The Morgan fingerprint density at radius 2 is 1.65 bits per heavy atom. The molecule has 51 heavy (non-hydrogen) atoms. The number of para-hydroxylation sites is 1. The maximum absolute atomic E-state index is 15.8. The number of aromatic nitrogens is 3. The van der Waals surface area contributed by atoms with E-state index in [2.05, 4.69) is 63.9 Å². The molecule has 0 bridgehead atoms. The molecule has 1 amide bonds. The lowest BCUT2D eigenvalue weighted by Gasteiger charge is -2.39. The standard InChI is InChI=1S/C40H51FN6O3Si/c1-29-36(50-37(38(29)51(2,3)41)20-25-45-26-35(43-44-45)34(27-48)31-10-6-4-7-11-31)19-16-30-14-17-32(18-15-30)46-28-47(33-12-8-5-9-13-33)40(39(46)49)21-23-42-24-22-40/h4-15,17-18,26,29,34,36-38,42,48H,16,19-25,27-28H2,1-3H3/t29-,34?,36+,37-,38+/m1/s1. The number of ether oxygens (including phenoxy) is 1. The van der Waals surface area contributed by atoms with E-state index in [-0.39, 0.29) is 42.1 Å². The second kappa shape index (κ2) is 15.0. The molecule has 7 rings (SSSR count). The molecule has 3 aromatic carbocycles. The van der Waals surface area contributed by atoms with E-state index in [1.165, 1.54) is 5.56 Å². The number of aliphatic hydroxyl groups is 1. The topological polar surface area (TPSA) is 95.8 Å². The molecule has 3 saturated heterocycles. The van der Waals surface area contributed by atoms with Gasteiger partial charge in [-0.3, -0.25) is 14.4 Å². The molecule has 0 radical (unpaired) electrons. The zero-order valence-electron chi connectivity index (χ0n) is 30.0. The van der Waals surface area contributed by atoms with Crippen molar-refractivity contribution in [2.24, 2.45) is 5.92 Å². The SMILES string of the molecule is C[C@H]1[C@H]([Si](C)(C)F)[C@@H](CCn2cc(C(CO)c3ccccc3)nn2)O[C@H]1CCc1ccc(N2CN(c3ccccc3)C3(CCNCC3)C2=O)cc1. The molecule has 1 aromatic heterocycles. The van der Waals surface area contributed by atoms with Crippen LogP contribution in [-0.2, 0) is 22.5 Å². The van der Waals surface area contributed by atoms with Gasteiger partial charge in [-0.05, 0) is 99.6 Å². The molecule has 3 aliphatic rings. The molecule has 9 nitrogen and oxygen atoms in total. The Balaban J connectivity index is 0.985. The summed E-state index contributed by atoms with van der Waals surface area (Å²) in [5.74, 6) is 0.0452. The molecule has 4 aromatic rings. The quantitative estimate of drug-likeness (QED) is 0.132. The highest BCUT2D eigenvalue weighted by Crippen LogP contribution is 2.47. The average Bonchev–Trinajstić information content (AvgIpc) is 3.82. The highest BCUT2D eigenvalue weighted by Gasteiger charge is 2.53. The number of hydrogen-bond donors (Lipinski definition) is 2. The third-order valence-electron chi connectivity index (χ3n) is 11.5. The highest BCUT2D eigenvalue weighted by molar-refractivity contribution is 6.72. The van der Waals surface area contributed by atoms with Crippen molar-refractivity contribution < 1.29 is 18.7 Å². The molecule has 0 saturated carbocycles. The van der Waals surface area contributed by atoms with E-state index in [1.54, 1.807) is 17.8 Å². The Morgan fingerprint density at radius 1 is 0.961 bits per heavy atom. The van der Waals surface area contributed by atoms with E-state index >= 15 is 4.11 Å². The maximum Gasteiger partial charge on any atom is 0.254 e. The summed E-state index contributed by atoms with van der Waals surface area (Å²) < 4.78 is 24.3. The van der Waals surface area contributed by atoms with Crippen molar-refractivity contribution in [3.8, 4) is 0 Å². The Hall–Kier alpha value is -3.90. The number of anilines is 2. The van der Waals surface area contributed by atoms with Gasteiger partial charge in [0.1, 0.15) is 5.54 Å². The lowest BCUT2D eigenvalue weighted by molar-refractivity contribution is -0.122. The van der Waals surface area contributed by atoms with Gasteiger partial charge < -0.3 is 24.2 Å². The van der Waals surface area contributed by atoms with E-state index in [0.717, 1.165) is 61.4 Å². The molecule has 2 N–H and O–H groups in total. The maximum atomic E-state index is 15.8. The van der Waals surface area contributed by atoms with Gasteiger partial charge in [-0.15, -0.1) is 5.10 Å². The van der Waals surface area contributed by atoms with Crippen LogP contribution in [0.15, 0.2) is 91.1 Å². The van der Waals surface area contributed by atoms with Gasteiger partial charge in [0, 0.05) is 29.7 Å². The second-order valence-corrected chi connectivity index (χ2v) is 18.9. The van der Waals surface area contributed by atoms with Gasteiger partial charge >= 0.3 is 0 Å². The fourth-order valence-electron chi connectivity index (χ4n) is 8.86. The number of nitrogens with zero attached hydrogens (tertiary/aromatic N) is 5. The minimum absolute atomic E-state index is 0.0373. The predicted octanol–water partition coefficient (Wildman–Crippen LogP) is 6.31. The van der Waals surface area contributed by atoms with E-state index in [9.17, 15) is 9.90 Å². The van der Waals surface area contributed by atoms with Gasteiger partial charge in [-0.25, -0.2) is 0 Å². The van der Waals surface area contributed by atoms with Crippen molar-refractivity contribution in [1.29, 1.82) is 0 Å². The minimum atomic E-state index is -3.03. The summed E-state index contributed by atoms with van der Waals surface area (Å²) in [5.41, 5.74) is 4.26. The minimum Gasteiger partial charge on any atom is -0.395 e. The summed E-state index contributed by atoms with van der Waals surface area (Å²) in [7, 11) is -3.03. The first kappa shape index (κ1) is 35.5. The highest BCUT2D eigenvalue weighted by atomic mass is 28.4. The van der Waals surface area contributed by atoms with Gasteiger partial charge in [0.25, 0.3) is 5.91 Å². The first-order valence-electron chi connectivity index (χ1n) is 18.5. The predicted molar refractivity (Wildman–Crippen MR) is 201 cm³/mol. The molecule has 270 valence electrons. The number of piperidine rings is 1. The Labute approximate surface area is 302 Å². The first-order valence-corrected chi connectivity index (χ1v) is 21.5. The van der Waals surface area contributed by atoms with Crippen LogP contribution in [0, 0.1) is 5.92 Å². The summed E-state index contributed by atoms with van der Waals surface area (Å²) in [6.45, 7) is 8.47. The summed E-state index contributed by atoms with van der Waals surface area (Å²) >= 11 is 0. The molecular weight excluding hydrogens is 660 g/mol. The number of carbonyl (C=O) groups excluding carboxylic acids is 1. The number of halogens is 1. The van der Waals surface area contributed by atoms with Crippen LogP contribution in [0.3, 0.4) is 0 Å². The Morgan fingerprint density at radius 3 is 2.31 bits per heavy atom. The number of aliphatic hydroxyl groups excluding tert-OH is 1. The summed E-state index contributed by atoms with van der Waals surface area (Å²) in [6, 6.07) is 28.5. The van der Waals surface area contributed by atoms with Crippen LogP contribution < -0.4 is 15.1 Å². The third kappa shape index (κ3) is 7.26. The second-order valence-electron chi connectivity index (χ2n) is 15.1. The lowest BCUT2D eigenvalue weighted by atomic mass is 9.86. The van der Waals surface area contributed by atoms with E-state index in [0.29, 0.717) is 19.6 Å². The fraction of sp³-hybridized carbons (Fsp3) is 0.475. The van der Waals surface area contributed by atoms with Crippen molar-refractivity contribution in [2.45, 2.75) is 87.9 Å². The van der Waals surface area contributed by atoms with Crippen LogP contribution in [0.5, 0.6) is 0 Å². The number of carbonyl (C=O) groups is 1. The van der Waals surface area contributed by atoms with E-state index < -0.39 is 13.9 Å². The number of aryl methyl sites for hydroxylation is 2. The summed E-state index contributed by atoms with van der Waals surface area (Å²) in [5, 5.41) is 22.2. The Kier molecular flexibility index (Phi) is 10.4. The molecule has 1 unspecified atom stereocenters. The molecule has 3 aliphatic heterocycles. The van der Waals surface area contributed by atoms with Crippen LogP contribution >= 0.6 is 0 Å². The van der Waals surface area contributed by atoms with Gasteiger partial charge in [-0.1, -0.05) is 72.8 Å². The molecule has 11 heteroatoms. The largest absolute Gasteiger partial charge is 0.395 e. The number of hydrogen-bond acceptors (Lipinski definition) is 7. The average molecular weight is 711 g/mol. The van der Waals surface area contributed by atoms with Gasteiger partial charge in [0.2, 0.25) is 8.41 Å². The van der Waals surface area contributed by atoms with E-state index in [1.807, 2.05) is 59.6 Å². The third-order valence-corrected chi connectivity index (χ3v) is 14.0. The van der Waals surface area contributed by atoms with Crippen LogP contribution in [0.25, 0.3) is 0 Å². The zero-order chi connectivity index (χ0) is 35.6. The Bertz CT molecular complexity index is 1750. The monoisotopic (exact) mass is 710 g/mol. The zero-order valence-corrected chi connectivity index (χ0v) is 31.0. The van der Waals surface area contributed by atoms with Crippen LogP contribution in [0.4, 0.5) is 15.5 Å². The fourth-order valence-corrected chi connectivity index (χ4v) is 11.5. The molecule has 4 heterocycles. The van der Waals surface area contributed by atoms with Gasteiger partial charge in [0.15, 0.2) is 0 Å². The van der Waals surface area contributed by atoms with Crippen molar-refractivity contribution in [2.75, 3.05) is 36.2 Å². The lowest BCUT2D eigenvalue weighted by Crippen LogP contribution is -2.55. The summed E-state index contributed by atoms with van der Waals surface area (Å²) in [4.78, 5) is 18.3. The van der Waals surface area contributed by atoms with Crippen LogP contribution in [-0.4, -0.2) is 78.5 Å². The van der Waals surface area contributed by atoms with Crippen molar-refractivity contribution in [1.82, 2.24) is 20.3 Å². The van der Waals surface area contributed by atoms with Crippen LogP contribution in [0.1, 0.15) is 55.3 Å². The molecule has 5 atom stereocenters.